The fourth-order valence-corrected chi connectivity index (χ4v) is 3.61. The van der Waals surface area contributed by atoms with E-state index in [-0.39, 0.29) is 23.6 Å². The average molecular weight is 439 g/mol. The van der Waals surface area contributed by atoms with Crippen molar-refractivity contribution >= 4 is 23.0 Å². The van der Waals surface area contributed by atoms with E-state index in [2.05, 4.69) is 39.0 Å². The number of nitrogens with zero attached hydrogens (tertiary/aromatic N) is 4. The van der Waals surface area contributed by atoms with E-state index in [1.807, 2.05) is 26.0 Å². The van der Waals surface area contributed by atoms with Gasteiger partial charge in [-0.05, 0) is 44.4 Å². The Bertz CT molecular complexity index is 1040. The molecule has 0 spiro atoms. The van der Waals surface area contributed by atoms with Gasteiger partial charge in [0.1, 0.15) is 5.82 Å². The molecule has 2 atom stereocenters. The van der Waals surface area contributed by atoms with Crippen LogP contribution in [-0.4, -0.2) is 32.1 Å². The summed E-state index contributed by atoms with van der Waals surface area (Å²) in [7, 11) is 0. The fourth-order valence-electron chi connectivity index (χ4n) is 3.61. The van der Waals surface area contributed by atoms with Crippen LogP contribution in [0, 0.1) is 5.82 Å². The molecule has 0 bridgehead atoms. The molecule has 1 aliphatic carbocycles. The first-order valence-corrected chi connectivity index (χ1v) is 10.6. The van der Waals surface area contributed by atoms with Gasteiger partial charge in [-0.2, -0.15) is 15.0 Å². The minimum atomic E-state index is -0.504. The maximum Gasteiger partial charge on any atom is 0.166 e. The average Bonchev–Trinajstić information content (AvgIpc) is 3.28. The summed E-state index contributed by atoms with van der Waals surface area (Å²) in [5.74, 6) is 0.00799. The highest BCUT2D eigenvalue weighted by molar-refractivity contribution is 5.75. The molecule has 2 aromatic heterocycles. The van der Waals surface area contributed by atoms with Gasteiger partial charge >= 0.3 is 0 Å². The second kappa shape index (κ2) is 10.2. The molecule has 1 saturated carbocycles. The zero-order valence-corrected chi connectivity index (χ0v) is 18.6. The summed E-state index contributed by atoms with van der Waals surface area (Å²) in [5.41, 5.74) is 14.9. The summed E-state index contributed by atoms with van der Waals surface area (Å²) in [6, 6.07) is 1.26. The van der Waals surface area contributed by atoms with Gasteiger partial charge in [-0.3, -0.25) is 0 Å². The summed E-state index contributed by atoms with van der Waals surface area (Å²) >= 11 is 0. The maximum absolute atomic E-state index is 14.8. The molecule has 6 N–H and O–H groups in total. The minimum Gasteiger partial charge on any atom is -0.399 e. The summed E-state index contributed by atoms with van der Waals surface area (Å²) in [5, 5.41) is 14.8. The Labute approximate surface area is 188 Å². The number of aromatic nitrogens is 4. The molecule has 2 heterocycles. The molecular formula is C23H31FN8. The van der Waals surface area contributed by atoms with E-state index in [1.54, 1.807) is 12.4 Å². The first-order chi connectivity index (χ1) is 15.3. The van der Waals surface area contributed by atoms with Gasteiger partial charge in [-0.1, -0.05) is 32.1 Å². The largest absolute Gasteiger partial charge is 0.399 e. The molecule has 1 aliphatic rings. The van der Waals surface area contributed by atoms with Crippen LogP contribution in [0.4, 0.5) is 16.0 Å². The zero-order chi connectivity index (χ0) is 23.3. The van der Waals surface area contributed by atoms with Crippen molar-refractivity contribution in [3.05, 3.63) is 66.4 Å². The third-order valence-corrected chi connectivity index (χ3v) is 5.40. The lowest BCUT2D eigenvalue weighted by Gasteiger charge is -2.30. The fraction of sp³-hybridized carbons (Fsp3) is 0.348. The molecule has 9 heteroatoms. The summed E-state index contributed by atoms with van der Waals surface area (Å²) in [6.45, 7) is 11.5. The highest BCUT2D eigenvalue weighted by Gasteiger charge is 2.24. The number of rotatable bonds is 8. The van der Waals surface area contributed by atoms with Crippen LogP contribution in [0.15, 0.2) is 55.0 Å². The number of anilines is 2. The third-order valence-electron chi connectivity index (χ3n) is 5.40. The quantitative estimate of drug-likeness (QED) is 0.462. The molecule has 2 unspecified atom stereocenters. The number of nitrogens with two attached hydrogens (primary N) is 2. The Hall–Kier alpha value is -3.46. The van der Waals surface area contributed by atoms with Crippen molar-refractivity contribution in [1.29, 1.82) is 0 Å². The van der Waals surface area contributed by atoms with Gasteiger partial charge in [0.05, 0.1) is 18.1 Å². The monoisotopic (exact) mass is 438 g/mol. The Balaban J connectivity index is 1.95. The maximum atomic E-state index is 14.8. The number of pyridine rings is 1. The van der Waals surface area contributed by atoms with Gasteiger partial charge in [0, 0.05) is 29.0 Å². The topological polar surface area (TPSA) is 120 Å². The van der Waals surface area contributed by atoms with Gasteiger partial charge in [0.2, 0.25) is 0 Å². The Morgan fingerprint density at radius 2 is 1.91 bits per heavy atom. The number of allylic oxidation sites excluding steroid dienone is 4. The molecule has 0 radical (unpaired) electrons. The van der Waals surface area contributed by atoms with Gasteiger partial charge < -0.3 is 22.1 Å². The molecule has 3 rings (SSSR count). The van der Waals surface area contributed by atoms with Gasteiger partial charge in [0.25, 0.3) is 0 Å². The van der Waals surface area contributed by atoms with Crippen LogP contribution in [0.2, 0.25) is 0 Å². The van der Waals surface area contributed by atoms with Gasteiger partial charge in [-0.15, -0.1) is 0 Å². The van der Waals surface area contributed by atoms with Crippen LogP contribution in [0.5, 0.6) is 0 Å². The number of nitrogens with one attached hydrogen (secondary N) is 2. The lowest BCUT2D eigenvalue weighted by molar-refractivity contribution is 0.402. The number of hydrogen-bond acceptors (Lipinski definition) is 7. The number of halogens is 1. The second-order valence-corrected chi connectivity index (χ2v) is 7.94. The Morgan fingerprint density at radius 1 is 1.22 bits per heavy atom. The lowest BCUT2D eigenvalue weighted by atomic mass is 9.91. The van der Waals surface area contributed by atoms with E-state index in [0.29, 0.717) is 22.8 Å². The highest BCUT2D eigenvalue weighted by Crippen LogP contribution is 2.28. The zero-order valence-electron chi connectivity index (χ0n) is 18.6. The van der Waals surface area contributed by atoms with E-state index in [4.69, 9.17) is 11.5 Å². The van der Waals surface area contributed by atoms with Gasteiger partial charge in [0.15, 0.2) is 11.6 Å². The normalized spacial score (nSPS) is 19.5. The minimum absolute atomic E-state index is 0.0347. The summed E-state index contributed by atoms with van der Waals surface area (Å²) in [6.07, 6.45) is 10.8. The highest BCUT2D eigenvalue weighted by atomic mass is 19.1. The predicted molar refractivity (Wildman–Crippen MR) is 128 cm³/mol. The smallest absolute Gasteiger partial charge is 0.166 e. The van der Waals surface area contributed by atoms with Gasteiger partial charge in [-0.25, -0.2) is 9.37 Å². The van der Waals surface area contributed by atoms with E-state index in [0.717, 1.165) is 31.3 Å². The molecular weight excluding hydrogens is 407 g/mol. The van der Waals surface area contributed by atoms with Crippen molar-refractivity contribution in [2.75, 3.05) is 10.6 Å². The van der Waals surface area contributed by atoms with Crippen molar-refractivity contribution in [2.24, 2.45) is 11.5 Å². The molecule has 1 fully saturated rings. The van der Waals surface area contributed by atoms with Crippen molar-refractivity contribution in [3.8, 4) is 0 Å². The van der Waals surface area contributed by atoms with Crippen LogP contribution >= 0.6 is 0 Å². The van der Waals surface area contributed by atoms with Crippen LogP contribution in [0.1, 0.15) is 45.1 Å². The Kier molecular flexibility index (Phi) is 7.42. The summed E-state index contributed by atoms with van der Waals surface area (Å²) < 4.78 is 14.8. The first-order valence-electron chi connectivity index (χ1n) is 10.6. The molecule has 0 aliphatic heterocycles. The molecule has 0 amide bonds. The SMILES string of the molecule is C=C(C)/C(=C\C(=C/C)Nc1nc(NC2CCCCC2N)c(F)cc1C(=C)N)n1nccn1. The van der Waals surface area contributed by atoms with Crippen molar-refractivity contribution < 1.29 is 4.39 Å². The molecule has 0 aromatic carbocycles. The van der Waals surface area contributed by atoms with Crippen LogP contribution < -0.4 is 22.1 Å². The standard InChI is InChI=1S/C23H31FN8/c1-5-16(12-21(14(2)3)32-27-10-11-28-32)29-22-17(15(4)25)13-18(24)23(31-22)30-20-9-7-6-8-19(20)26/h5,10-13,19-20H,2,4,6-9,25-26H2,1,3H3,(H2,29,30,31)/b16-5+,21-12+. The molecule has 8 nitrogen and oxygen atoms in total. The lowest BCUT2D eigenvalue weighted by Crippen LogP contribution is -2.43. The van der Waals surface area contributed by atoms with Crippen LogP contribution in [-0.2, 0) is 0 Å². The van der Waals surface area contributed by atoms with E-state index in [1.165, 1.54) is 10.9 Å². The molecule has 0 saturated heterocycles. The molecule has 2 aromatic rings. The van der Waals surface area contributed by atoms with E-state index < -0.39 is 5.82 Å². The van der Waals surface area contributed by atoms with E-state index >= 15 is 0 Å². The predicted octanol–water partition coefficient (Wildman–Crippen LogP) is 3.86. The second-order valence-electron chi connectivity index (χ2n) is 7.94. The van der Waals surface area contributed by atoms with Crippen molar-refractivity contribution in [3.63, 3.8) is 0 Å². The Morgan fingerprint density at radius 3 is 2.50 bits per heavy atom. The molecule has 170 valence electrons. The number of hydrogen-bond donors (Lipinski definition) is 4. The van der Waals surface area contributed by atoms with Crippen LogP contribution in [0.3, 0.4) is 0 Å². The van der Waals surface area contributed by atoms with Crippen LogP contribution in [0.25, 0.3) is 11.4 Å². The summed E-state index contributed by atoms with van der Waals surface area (Å²) in [4.78, 5) is 5.98. The van der Waals surface area contributed by atoms with Crippen molar-refractivity contribution in [1.82, 2.24) is 20.0 Å². The van der Waals surface area contributed by atoms with Crippen molar-refractivity contribution in [2.45, 2.75) is 51.6 Å². The van der Waals surface area contributed by atoms with E-state index in [9.17, 15) is 4.39 Å². The molecule has 32 heavy (non-hydrogen) atoms. The third kappa shape index (κ3) is 5.42. The first kappa shape index (κ1) is 23.2.